The molecule has 2 atom stereocenters. The van der Waals surface area contributed by atoms with E-state index in [-0.39, 0.29) is 30.9 Å². The van der Waals surface area contributed by atoms with Gasteiger partial charge in [0.05, 0.1) is 0 Å². The molecule has 0 aliphatic carbocycles. The lowest BCUT2D eigenvalue weighted by atomic mass is 9.93. The molecule has 0 saturated carbocycles. The zero-order valence-corrected chi connectivity index (χ0v) is 11.2. The molecule has 2 aliphatic heterocycles. The normalized spacial score (nSPS) is 28.1. The van der Waals surface area contributed by atoms with E-state index in [4.69, 9.17) is 0 Å². The second-order valence-corrected chi connectivity index (χ2v) is 4.94. The number of nitrogens with zero attached hydrogens (tertiary/aromatic N) is 2. The molecule has 0 spiro atoms. The van der Waals surface area contributed by atoms with Crippen LogP contribution in [0.3, 0.4) is 0 Å². The molecule has 0 bridgehead atoms. The fourth-order valence-corrected chi connectivity index (χ4v) is 2.85. The predicted molar refractivity (Wildman–Crippen MR) is 70.5 cm³/mol. The number of likely N-dealkylation sites (tertiary alicyclic amines) is 1. The minimum absolute atomic E-state index is 0.0271. The van der Waals surface area contributed by atoms with Crippen molar-refractivity contribution in [3.63, 3.8) is 0 Å². The van der Waals surface area contributed by atoms with E-state index in [0.717, 1.165) is 25.3 Å². The van der Waals surface area contributed by atoms with Gasteiger partial charge >= 0.3 is 0 Å². The molecule has 2 rings (SSSR count). The van der Waals surface area contributed by atoms with Gasteiger partial charge in [-0.1, -0.05) is 0 Å². The van der Waals surface area contributed by atoms with Crippen LogP contribution in [-0.4, -0.2) is 47.8 Å². The first-order valence-corrected chi connectivity index (χ1v) is 6.73. The largest absolute Gasteiger partial charge is 0.396 e. The lowest BCUT2D eigenvalue weighted by Crippen LogP contribution is -2.51. The number of piperidine rings is 1. The lowest BCUT2D eigenvalue weighted by Gasteiger charge is -2.42. The van der Waals surface area contributed by atoms with Crippen molar-refractivity contribution in [2.45, 2.75) is 12.5 Å². The molecule has 7 heteroatoms. The second-order valence-electron chi connectivity index (χ2n) is 4.55. The smallest absolute Gasteiger partial charge is 0.131 e. The third kappa shape index (κ3) is 2.90. The highest BCUT2D eigenvalue weighted by molar-refractivity contribution is 7.92. The maximum absolute atomic E-state index is 12.3. The van der Waals surface area contributed by atoms with Crippen LogP contribution in [-0.2, 0) is 0 Å². The van der Waals surface area contributed by atoms with Crippen LogP contribution in [0.4, 0.5) is 3.89 Å². The molecule has 102 valence electrons. The first-order valence-electron chi connectivity index (χ1n) is 6.02. The molecule has 0 amide bonds. The predicted octanol–water partition coefficient (Wildman–Crippen LogP) is 0.597. The highest BCUT2D eigenvalue weighted by atomic mass is 32.2. The SMILES string of the molecule is CN1NC=CC=C1N1CCC(NSF)C(CO)C1. The summed E-state index contributed by atoms with van der Waals surface area (Å²) in [5.41, 5.74) is 3.10. The van der Waals surface area contributed by atoms with E-state index in [2.05, 4.69) is 15.0 Å². The molecule has 1 saturated heterocycles. The first kappa shape index (κ1) is 13.5. The van der Waals surface area contributed by atoms with E-state index in [1.807, 2.05) is 30.4 Å². The Bertz CT molecular complexity index is 339. The van der Waals surface area contributed by atoms with Gasteiger partial charge in [0.1, 0.15) is 18.2 Å². The summed E-state index contributed by atoms with van der Waals surface area (Å²) in [4.78, 5) is 2.21. The van der Waals surface area contributed by atoms with Crippen LogP contribution < -0.4 is 10.1 Å². The van der Waals surface area contributed by atoms with Crippen LogP contribution >= 0.6 is 12.3 Å². The maximum Gasteiger partial charge on any atom is 0.131 e. The molecule has 2 heterocycles. The van der Waals surface area contributed by atoms with Gasteiger partial charge in [-0.25, -0.2) is 4.72 Å². The van der Waals surface area contributed by atoms with Crippen LogP contribution in [0.1, 0.15) is 6.42 Å². The van der Waals surface area contributed by atoms with Gasteiger partial charge in [0.2, 0.25) is 0 Å². The van der Waals surface area contributed by atoms with Crippen molar-refractivity contribution in [3.05, 3.63) is 24.2 Å². The maximum atomic E-state index is 12.3. The second kappa shape index (κ2) is 6.31. The summed E-state index contributed by atoms with van der Waals surface area (Å²) in [6.07, 6.45) is 6.66. The number of aliphatic hydroxyl groups is 1. The molecule has 2 unspecified atom stereocenters. The average molecular weight is 274 g/mol. The van der Waals surface area contributed by atoms with Crippen molar-refractivity contribution in [1.82, 2.24) is 20.1 Å². The van der Waals surface area contributed by atoms with Gasteiger partial charge < -0.3 is 15.4 Å². The molecular weight excluding hydrogens is 255 g/mol. The van der Waals surface area contributed by atoms with Crippen LogP contribution in [0, 0.1) is 5.92 Å². The molecule has 0 aromatic rings. The Balaban J connectivity index is 2.00. The highest BCUT2D eigenvalue weighted by Crippen LogP contribution is 2.23. The number of halogens is 1. The third-order valence-corrected chi connectivity index (χ3v) is 3.83. The number of hydrogen-bond donors (Lipinski definition) is 3. The van der Waals surface area contributed by atoms with Gasteiger partial charge in [0.25, 0.3) is 0 Å². The van der Waals surface area contributed by atoms with Gasteiger partial charge in [-0.05, 0) is 18.6 Å². The Hall–Kier alpha value is -0.920. The van der Waals surface area contributed by atoms with Gasteiger partial charge in [0, 0.05) is 44.9 Å². The quantitative estimate of drug-likeness (QED) is 0.653. The Kier molecular flexibility index (Phi) is 4.73. The number of allylic oxidation sites excluding steroid dienone is 2. The van der Waals surface area contributed by atoms with Crippen molar-refractivity contribution in [1.29, 1.82) is 0 Å². The van der Waals surface area contributed by atoms with E-state index < -0.39 is 0 Å². The monoisotopic (exact) mass is 274 g/mol. The van der Waals surface area contributed by atoms with Crippen LogP contribution in [0.25, 0.3) is 0 Å². The van der Waals surface area contributed by atoms with Crippen LogP contribution in [0.2, 0.25) is 0 Å². The molecule has 0 aromatic heterocycles. The van der Waals surface area contributed by atoms with Crippen LogP contribution in [0.15, 0.2) is 24.2 Å². The Labute approximate surface area is 111 Å². The van der Waals surface area contributed by atoms with Crippen molar-refractivity contribution in [2.24, 2.45) is 5.92 Å². The number of rotatable bonds is 4. The number of aliphatic hydroxyl groups excluding tert-OH is 1. The summed E-state index contributed by atoms with van der Waals surface area (Å²) < 4.78 is 15.0. The van der Waals surface area contributed by atoms with E-state index in [0.29, 0.717) is 0 Å². The average Bonchev–Trinajstić information content (AvgIpc) is 2.40. The minimum Gasteiger partial charge on any atom is -0.396 e. The number of hydrazine groups is 1. The molecular formula is C11H19FN4OS. The Morgan fingerprint density at radius 2 is 2.50 bits per heavy atom. The van der Waals surface area contributed by atoms with Crippen molar-refractivity contribution >= 4 is 12.3 Å². The number of nitrogens with one attached hydrogen (secondary N) is 2. The van der Waals surface area contributed by atoms with Crippen molar-refractivity contribution < 1.29 is 8.99 Å². The van der Waals surface area contributed by atoms with Crippen molar-refractivity contribution in [2.75, 3.05) is 26.7 Å². The highest BCUT2D eigenvalue weighted by Gasteiger charge is 2.30. The van der Waals surface area contributed by atoms with E-state index in [1.165, 1.54) is 0 Å². The summed E-state index contributed by atoms with van der Waals surface area (Å²) in [6.45, 7) is 1.63. The molecule has 1 fully saturated rings. The third-order valence-electron chi connectivity index (χ3n) is 3.44. The summed E-state index contributed by atoms with van der Waals surface area (Å²) >= 11 is 0.136. The zero-order chi connectivity index (χ0) is 13.0. The first-order chi connectivity index (χ1) is 8.76. The summed E-state index contributed by atoms with van der Waals surface area (Å²) in [5, 5.41) is 11.3. The summed E-state index contributed by atoms with van der Waals surface area (Å²) in [7, 11) is 1.95. The van der Waals surface area contributed by atoms with Gasteiger partial charge in [-0.2, -0.15) is 0 Å². The van der Waals surface area contributed by atoms with Gasteiger partial charge in [0.15, 0.2) is 0 Å². The standard InChI is InChI=1S/C11H19FN4OS/c1-15-11(3-2-5-13-15)16-6-4-10(14-18-12)9(7-16)8-17/h2-3,5,9-10,13-14,17H,4,6-8H2,1H3. The molecule has 0 radical (unpaired) electrons. The topological polar surface area (TPSA) is 50.8 Å². The molecule has 0 aromatic carbocycles. The molecule has 2 aliphatic rings. The molecule has 5 nitrogen and oxygen atoms in total. The van der Waals surface area contributed by atoms with E-state index >= 15 is 0 Å². The molecule has 3 N–H and O–H groups in total. The minimum atomic E-state index is 0.0271. The van der Waals surface area contributed by atoms with E-state index in [1.54, 1.807) is 0 Å². The fraction of sp³-hybridized carbons (Fsp3) is 0.636. The fourth-order valence-electron chi connectivity index (χ4n) is 2.42. The lowest BCUT2D eigenvalue weighted by molar-refractivity contribution is 0.0917. The zero-order valence-electron chi connectivity index (χ0n) is 10.3. The van der Waals surface area contributed by atoms with Crippen LogP contribution in [0.5, 0.6) is 0 Å². The molecule has 18 heavy (non-hydrogen) atoms. The Morgan fingerprint density at radius 1 is 1.67 bits per heavy atom. The van der Waals surface area contributed by atoms with Gasteiger partial charge in [-0.3, -0.25) is 5.01 Å². The summed E-state index contributed by atoms with van der Waals surface area (Å²) in [6, 6.07) is 0.0271. The Morgan fingerprint density at radius 3 is 3.17 bits per heavy atom. The van der Waals surface area contributed by atoms with Gasteiger partial charge in [-0.15, -0.1) is 3.89 Å². The number of hydrogen-bond acceptors (Lipinski definition) is 6. The summed E-state index contributed by atoms with van der Waals surface area (Å²) in [5.74, 6) is 1.12. The van der Waals surface area contributed by atoms with Crippen molar-refractivity contribution in [3.8, 4) is 0 Å². The van der Waals surface area contributed by atoms with E-state index in [9.17, 15) is 8.99 Å².